The summed E-state index contributed by atoms with van der Waals surface area (Å²) < 4.78 is 18.3. The van der Waals surface area contributed by atoms with Crippen LogP contribution in [0.3, 0.4) is 0 Å². The Balaban J connectivity index is 1.31. The largest absolute Gasteiger partial charge is 0.445 e. The molecule has 44 heavy (non-hydrogen) atoms. The molecule has 2 N–H and O–H groups in total. The first kappa shape index (κ1) is 31.7. The van der Waals surface area contributed by atoms with Crippen LogP contribution in [0.15, 0.2) is 98.1 Å². The molecule has 7 heteroatoms. The van der Waals surface area contributed by atoms with Crippen molar-refractivity contribution in [2.24, 2.45) is 0 Å². The van der Waals surface area contributed by atoms with E-state index in [2.05, 4.69) is 71.9 Å². The van der Waals surface area contributed by atoms with Crippen molar-refractivity contribution in [3.63, 3.8) is 0 Å². The molecule has 1 amide bonds. The molecule has 7 nitrogen and oxygen atoms in total. The molecule has 0 spiro atoms. The molecule has 1 aliphatic carbocycles. The van der Waals surface area contributed by atoms with Crippen LogP contribution in [0.5, 0.6) is 0 Å². The standard InChI is InChI=1S/C37H44N2O5/c1-3-20-39(33-10-5-6-11-33)25-34-23-35(30-14-12-27(26-40)13-15-30)44-36(43-34)31-18-16-29(17-19-31)32-9-7-8-28(22-32)24-38-37(41)42-21-4-2/h3-4,7-9,12-19,22,33-36,40H,1-2,5-6,10-11,20-21,23-26H2,(H,38,41). The Morgan fingerprint density at radius 2 is 1.68 bits per heavy atom. The predicted molar refractivity (Wildman–Crippen MR) is 173 cm³/mol. The number of ether oxygens (including phenoxy) is 3. The first-order chi connectivity index (χ1) is 21.6. The molecule has 0 radical (unpaired) electrons. The molecule has 1 saturated heterocycles. The Morgan fingerprint density at radius 3 is 2.39 bits per heavy atom. The van der Waals surface area contributed by atoms with Crippen LogP contribution in [0.2, 0.25) is 0 Å². The minimum absolute atomic E-state index is 0.00107. The van der Waals surface area contributed by atoms with E-state index in [1.165, 1.54) is 31.8 Å². The number of nitrogens with zero attached hydrogens (tertiary/aromatic N) is 1. The maximum Gasteiger partial charge on any atom is 0.407 e. The second-order valence-corrected chi connectivity index (χ2v) is 11.6. The van der Waals surface area contributed by atoms with Gasteiger partial charge >= 0.3 is 6.09 Å². The molecule has 232 valence electrons. The molecule has 1 saturated carbocycles. The number of benzene rings is 3. The van der Waals surface area contributed by atoms with Crippen molar-refractivity contribution in [3.8, 4) is 11.1 Å². The number of carbonyl (C=O) groups is 1. The van der Waals surface area contributed by atoms with E-state index >= 15 is 0 Å². The van der Waals surface area contributed by atoms with Crippen LogP contribution in [0.1, 0.15) is 66.8 Å². The molecular weight excluding hydrogens is 552 g/mol. The minimum Gasteiger partial charge on any atom is -0.445 e. The number of hydrogen-bond acceptors (Lipinski definition) is 6. The topological polar surface area (TPSA) is 80.3 Å². The number of amides is 1. The number of rotatable bonds is 13. The monoisotopic (exact) mass is 596 g/mol. The number of aliphatic hydroxyl groups is 1. The second-order valence-electron chi connectivity index (χ2n) is 11.6. The summed E-state index contributed by atoms with van der Waals surface area (Å²) in [7, 11) is 0. The molecule has 1 heterocycles. The van der Waals surface area contributed by atoms with Crippen molar-refractivity contribution in [1.29, 1.82) is 0 Å². The number of hydrogen-bond donors (Lipinski definition) is 2. The lowest BCUT2D eigenvalue weighted by atomic mass is 9.98. The van der Waals surface area contributed by atoms with Crippen molar-refractivity contribution < 1.29 is 24.1 Å². The van der Waals surface area contributed by atoms with Gasteiger partial charge < -0.3 is 24.6 Å². The van der Waals surface area contributed by atoms with Crippen LogP contribution in [0.4, 0.5) is 4.79 Å². The third-order valence-corrected chi connectivity index (χ3v) is 8.47. The number of nitrogens with one attached hydrogen (secondary N) is 1. The molecule has 0 aromatic heterocycles. The Hall–Kier alpha value is -3.75. The van der Waals surface area contributed by atoms with Gasteiger partial charge in [-0.1, -0.05) is 98.3 Å². The summed E-state index contributed by atoms with van der Waals surface area (Å²) in [5.41, 5.74) is 6.03. The van der Waals surface area contributed by atoms with Crippen LogP contribution in [0, 0.1) is 0 Å². The SMILES string of the molecule is C=CCOC(=O)NCc1cccc(-c2ccc(C3OC(CN(CC=C)C4CCCC4)CC(c4ccc(CO)cc4)O3)cc2)c1. The van der Waals surface area contributed by atoms with Crippen LogP contribution >= 0.6 is 0 Å². The van der Waals surface area contributed by atoms with Gasteiger partial charge in [0.2, 0.25) is 0 Å². The summed E-state index contributed by atoms with van der Waals surface area (Å²) >= 11 is 0. The van der Waals surface area contributed by atoms with Gasteiger partial charge in [0.05, 0.1) is 18.8 Å². The van der Waals surface area contributed by atoms with Gasteiger partial charge in [0.25, 0.3) is 0 Å². The highest BCUT2D eigenvalue weighted by atomic mass is 16.7. The highest BCUT2D eigenvalue weighted by Crippen LogP contribution is 2.39. The van der Waals surface area contributed by atoms with Crippen molar-refractivity contribution in [2.75, 3.05) is 19.7 Å². The molecule has 5 rings (SSSR count). The van der Waals surface area contributed by atoms with Gasteiger partial charge in [0.15, 0.2) is 6.29 Å². The lowest BCUT2D eigenvalue weighted by molar-refractivity contribution is -0.253. The van der Waals surface area contributed by atoms with E-state index < -0.39 is 12.4 Å². The normalized spacial score (nSPS) is 20.4. The summed E-state index contributed by atoms with van der Waals surface area (Å²) in [4.78, 5) is 14.4. The Kier molecular flexibility index (Phi) is 11.4. The molecule has 2 aliphatic rings. The van der Waals surface area contributed by atoms with Crippen molar-refractivity contribution in [2.45, 2.75) is 69.8 Å². The molecule has 0 bridgehead atoms. The third kappa shape index (κ3) is 8.45. The van der Waals surface area contributed by atoms with Gasteiger partial charge in [0.1, 0.15) is 6.61 Å². The van der Waals surface area contributed by atoms with E-state index in [0.29, 0.717) is 12.6 Å². The van der Waals surface area contributed by atoms with E-state index in [-0.39, 0.29) is 25.4 Å². The quantitative estimate of drug-likeness (QED) is 0.203. The highest BCUT2D eigenvalue weighted by Gasteiger charge is 2.34. The maximum atomic E-state index is 11.8. The molecule has 1 aliphatic heterocycles. The summed E-state index contributed by atoms with van der Waals surface area (Å²) in [5, 5.41) is 12.3. The summed E-state index contributed by atoms with van der Waals surface area (Å²) in [6, 6.07) is 25.0. The molecule has 3 aromatic rings. The fourth-order valence-electron chi connectivity index (χ4n) is 6.16. The van der Waals surface area contributed by atoms with Gasteiger partial charge in [-0.25, -0.2) is 4.79 Å². The van der Waals surface area contributed by atoms with Crippen molar-refractivity contribution >= 4 is 6.09 Å². The van der Waals surface area contributed by atoms with Gasteiger partial charge in [-0.05, 0) is 46.7 Å². The smallest absolute Gasteiger partial charge is 0.407 e. The average molecular weight is 597 g/mol. The van der Waals surface area contributed by atoms with E-state index in [0.717, 1.165) is 52.9 Å². The molecule has 2 fully saturated rings. The van der Waals surface area contributed by atoms with E-state index in [1.54, 1.807) is 0 Å². The average Bonchev–Trinajstić information content (AvgIpc) is 3.62. The zero-order chi connectivity index (χ0) is 30.7. The first-order valence-electron chi connectivity index (χ1n) is 15.6. The Bertz CT molecular complexity index is 1370. The second kappa shape index (κ2) is 15.8. The van der Waals surface area contributed by atoms with Gasteiger partial charge in [-0.15, -0.1) is 6.58 Å². The fraction of sp³-hybridized carbons (Fsp3) is 0.378. The van der Waals surface area contributed by atoms with Gasteiger partial charge in [-0.2, -0.15) is 0 Å². The molecule has 3 unspecified atom stereocenters. The zero-order valence-electron chi connectivity index (χ0n) is 25.4. The zero-order valence-corrected chi connectivity index (χ0v) is 25.4. The lowest BCUT2D eigenvalue weighted by Gasteiger charge is -2.39. The van der Waals surface area contributed by atoms with Crippen LogP contribution in [-0.2, 0) is 27.4 Å². The minimum atomic E-state index is -0.503. The van der Waals surface area contributed by atoms with E-state index in [1.807, 2.05) is 30.3 Å². The van der Waals surface area contributed by atoms with Gasteiger partial charge in [-0.3, -0.25) is 4.90 Å². The predicted octanol–water partition coefficient (Wildman–Crippen LogP) is 7.23. The third-order valence-electron chi connectivity index (χ3n) is 8.47. The lowest BCUT2D eigenvalue weighted by Crippen LogP contribution is -2.43. The Morgan fingerprint density at radius 1 is 0.932 bits per heavy atom. The summed E-state index contributed by atoms with van der Waals surface area (Å²) in [5.74, 6) is 0. The number of aliphatic hydroxyl groups excluding tert-OH is 1. The van der Waals surface area contributed by atoms with Crippen LogP contribution in [0.25, 0.3) is 11.1 Å². The maximum absolute atomic E-state index is 11.8. The first-order valence-corrected chi connectivity index (χ1v) is 15.6. The Labute approximate surface area is 261 Å². The van der Waals surface area contributed by atoms with Gasteiger partial charge in [0, 0.05) is 37.7 Å². The van der Waals surface area contributed by atoms with Crippen LogP contribution in [-0.4, -0.2) is 47.9 Å². The number of carbonyl (C=O) groups excluding carboxylic acids is 1. The van der Waals surface area contributed by atoms with Crippen molar-refractivity contribution in [3.05, 3.63) is 120 Å². The highest BCUT2D eigenvalue weighted by molar-refractivity contribution is 5.68. The fourth-order valence-corrected chi connectivity index (χ4v) is 6.16. The summed E-state index contributed by atoms with van der Waals surface area (Å²) in [6.07, 6.45) is 8.22. The van der Waals surface area contributed by atoms with Crippen molar-refractivity contribution in [1.82, 2.24) is 10.2 Å². The van der Waals surface area contributed by atoms with Crippen LogP contribution < -0.4 is 5.32 Å². The summed E-state index contributed by atoms with van der Waals surface area (Å²) in [6.45, 7) is 9.84. The molecule has 3 aromatic carbocycles. The van der Waals surface area contributed by atoms with E-state index in [4.69, 9.17) is 14.2 Å². The van der Waals surface area contributed by atoms with E-state index in [9.17, 15) is 9.90 Å². The molecule has 3 atom stereocenters. The number of alkyl carbamates (subject to hydrolysis) is 1. The molecular formula is C37H44N2O5.